The van der Waals surface area contributed by atoms with E-state index in [1.807, 2.05) is 0 Å². The van der Waals surface area contributed by atoms with Crippen LogP contribution in [-0.4, -0.2) is 46.7 Å². The number of hydrogen-bond acceptors (Lipinski definition) is 5. The van der Waals surface area contributed by atoms with Gasteiger partial charge in [0.05, 0.1) is 17.6 Å². The molecule has 0 saturated heterocycles. The summed E-state index contributed by atoms with van der Waals surface area (Å²) in [5.74, 6) is -1.72. The van der Waals surface area contributed by atoms with Crippen LogP contribution < -0.4 is 5.32 Å². The van der Waals surface area contributed by atoms with Gasteiger partial charge in [0, 0.05) is 11.9 Å². The molecule has 0 fully saturated rings. The van der Waals surface area contributed by atoms with Gasteiger partial charge in [0.25, 0.3) is 0 Å². The number of amides is 1. The van der Waals surface area contributed by atoms with Crippen molar-refractivity contribution in [2.45, 2.75) is 19.1 Å². The molecule has 0 radical (unpaired) electrons. The molecule has 0 aliphatic heterocycles. The number of anilines is 1. The van der Waals surface area contributed by atoms with Gasteiger partial charge in [-0.15, -0.1) is 0 Å². The first-order valence-electron chi connectivity index (χ1n) is 6.99. The van der Waals surface area contributed by atoms with Crippen LogP contribution in [0.25, 0.3) is 5.69 Å². The number of aromatic nitrogens is 2. The summed E-state index contributed by atoms with van der Waals surface area (Å²) < 4.78 is 24.3. The zero-order valence-corrected chi connectivity index (χ0v) is 14.2. The van der Waals surface area contributed by atoms with Crippen molar-refractivity contribution in [3.63, 3.8) is 0 Å². The summed E-state index contributed by atoms with van der Waals surface area (Å²) in [7, 11) is -3.49. The minimum atomic E-state index is -3.49. The number of carboxylic acid groups (broad SMARTS) is 1. The fraction of sp³-hybridized carbons (Fsp3) is 0.267. The summed E-state index contributed by atoms with van der Waals surface area (Å²) in [4.78, 5) is 23.1. The molecule has 128 valence electrons. The Hall–Kier alpha value is -2.68. The number of benzene rings is 1. The molecule has 0 spiro atoms. The molecular weight excluding hydrogens is 334 g/mol. The van der Waals surface area contributed by atoms with Crippen molar-refractivity contribution in [3.05, 3.63) is 41.7 Å². The van der Waals surface area contributed by atoms with Crippen LogP contribution in [0.15, 0.2) is 30.5 Å². The smallest absolute Gasteiger partial charge is 0.339 e. The van der Waals surface area contributed by atoms with Crippen LogP contribution in [0.1, 0.15) is 23.0 Å². The van der Waals surface area contributed by atoms with Gasteiger partial charge >= 0.3 is 5.97 Å². The first-order chi connectivity index (χ1) is 11.1. The first kappa shape index (κ1) is 17.7. The molecule has 1 aromatic heterocycles. The fourth-order valence-electron chi connectivity index (χ4n) is 2.03. The molecule has 0 aliphatic rings. The van der Waals surface area contributed by atoms with Gasteiger partial charge in [-0.25, -0.2) is 17.9 Å². The van der Waals surface area contributed by atoms with E-state index in [4.69, 9.17) is 5.11 Å². The average Bonchev–Trinajstić information content (AvgIpc) is 2.87. The van der Waals surface area contributed by atoms with Crippen molar-refractivity contribution < 1.29 is 23.1 Å². The van der Waals surface area contributed by atoms with Crippen molar-refractivity contribution in [1.29, 1.82) is 0 Å². The van der Waals surface area contributed by atoms with Crippen LogP contribution in [-0.2, 0) is 14.6 Å². The lowest BCUT2D eigenvalue weighted by Crippen LogP contribution is -2.31. The summed E-state index contributed by atoms with van der Waals surface area (Å²) in [5, 5.41) is 14.5. The molecule has 2 N–H and O–H groups in total. The Bertz CT molecular complexity index is 902. The molecular formula is C15H17N3O5S. The first-order valence-corrected chi connectivity index (χ1v) is 8.95. The number of carboxylic acids is 1. The largest absolute Gasteiger partial charge is 0.478 e. The second kappa shape index (κ2) is 6.44. The molecule has 2 aromatic rings. The SMILES string of the molecule is Cc1c(C(=O)O)cnn1-c1cccc(NC(=O)C(C)S(C)(=O)=O)c1. The molecule has 1 atom stereocenters. The Labute approximate surface area is 139 Å². The third-order valence-corrected chi connectivity index (χ3v) is 5.11. The quantitative estimate of drug-likeness (QED) is 0.837. The van der Waals surface area contributed by atoms with Gasteiger partial charge < -0.3 is 10.4 Å². The minimum Gasteiger partial charge on any atom is -0.478 e. The Morgan fingerprint density at radius 3 is 2.54 bits per heavy atom. The van der Waals surface area contributed by atoms with Crippen molar-refractivity contribution in [1.82, 2.24) is 9.78 Å². The molecule has 0 aliphatic carbocycles. The Kier molecular flexibility index (Phi) is 4.74. The second-order valence-electron chi connectivity index (χ2n) is 5.37. The van der Waals surface area contributed by atoms with Crippen LogP contribution in [0.2, 0.25) is 0 Å². The van der Waals surface area contributed by atoms with E-state index in [1.54, 1.807) is 31.2 Å². The van der Waals surface area contributed by atoms with Crippen LogP contribution in [0.3, 0.4) is 0 Å². The summed E-state index contributed by atoms with van der Waals surface area (Å²) >= 11 is 0. The predicted octanol–water partition coefficient (Wildman–Crippen LogP) is 1.25. The third-order valence-electron chi connectivity index (χ3n) is 3.61. The van der Waals surface area contributed by atoms with Crippen molar-refractivity contribution in [3.8, 4) is 5.69 Å². The Balaban J connectivity index is 2.30. The highest BCUT2D eigenvalue weighted by Gasteiger charge is 2.23. The maximum Gasteiger partial charge on any atom is 0.339 e. The number of aromatic carboxylic acids is 1. The van der Waals surface area contributed by atoms with Crippen LogP contribution >= 0.6 is 0 Å². The molecule has 8 nitrogen and oxygen atoms in total. The van der Waals surface area contributed by atoms with Gasteiger partial charge in [-0.2, -0.15) is 5.10 Å². The highest BCUT2D eigenvalue weighted by Crippen LogP contribution is 2.18. The Morgan fingerprint density at radius 2 is 2.00 bits per heavy atom. The summed E-state index contributed by atoms with van der Waals surface area (Å²) in [5.41, 5.74) is 1.45. The van der Waals surface area contributed by atoms with Crippen LogP contribution in [0.4, 0.5) is 5.69 Å². The zero-order valence-electron chi connectivity index (χ0n) is 13.3. The molecule has 0 bridgehead atoms. The lowest BCUT2D eigenvalue weighted by Gasteiger charge is -2.12. The molecule has 9 heteroatoms. The predicted molar refractivity (Wildman–Crippen MR) is 88.2 cm³/mol. The minimum absolute atomic E-state index is 0.0788. The summed E-state index contributed by atoms with van der Waals surface area (Å²) in [6, 6.07) is 6.53. The van der Waals surface area contributed by atoms with Crippen molar-refractivity contribution in [2.75, 3.05) is 11.6 Å². The van der Waals surface area contributed by atoms with Gasteiger partial charge in [-0.1, -0.05) is 6.07 Å². The van der Waals surface area contributed by atoms with Crippen molar-refractivity contribution >= 4 is 27.4 Å². The number of carbonyl (C=O) groups excluding carboxylic acids is 1. The number of nitrogens with zero attached hydrogens (tertiary/aromatic N) is 2. The standard InChI is InChI=1S/C15H17N3O5S/c1-9-13(15(20)21)8-16-18(9)12-6-4-5-11(7-12)17-14(19)10(2)24(3,22)23/h4-8,10H,1-3H3,(H,17,19)(H,20,21). The van der Waals surface area contributed by atoms with E-state index in [0.717, 1.165) is 6.26 Å². The van der Waals surface area contributed by atoms with Gasteiger partial charge in [0.1, 0.15) is 10.8 Å². The third kappa shape index (κ3) is 3.62. The average molecular weight is 351 g/mol. The van der Waals surface area contributed by atoms with E-state index >= 15 is 0 Å². The fourth-order valence-corrected chi connectivity index (χ4v) is 2.48. The van der Waals surface area contributed by atoms with E-state index in [-0.39, 0.29) is 5.56 Å². The number of nitrogens with one attached hydrogen (secondary N) is 1. The second-order valence-corrected chi connectivity index (χ2v) is 7.74. The number of sulfone groups is 1. The maximum atomic E-state index is 12.0. The van der Waals surface area contributed by atoms with Crippen molar-refractivity contribution in [2.24, 2.45) is 0 Å². The topological polar surface area (TPSA) is 118 Å². The monoisotopic (exact) mass is 351 g/mol. The Morgan fingerprint density at radius 1 is 1.33 bits per heavy atom. The van der Waals surface area contributed by atoms with Crippen LogP contribution in [0.5, 0.6) is 0 Å². The lowest BCUT2D eigenvalue weighted by molar-refractivity contribution is -0.115. The van der Waals surface area contributed by atoms with Gasteiger partial charge in [-0.3, -0.25) is 4.79 Å². The molecule has 1 heterocycles. The number of rotatable bonds is 5. The highest BCUT2D eigenvalue weighted by molar-refractivity contribution is 7.92. The molecule has 0 saturated carbocycles. The normalized spacial score (nSPS) is 12.6. The van der Waals surface area contributed by atoms with Gasteiger partial charge in [0.2, 0.25) is 5.91 Å². The van der Waals surface area contributed by atoms with E-state index in [0.29, 0.717) is 17.1 Å². The molecule has 1 unspecified atom stereocenters. The van der Waals surface area contributed by atoms with E-state index < -0.39 is 27.0 Å². The highest BCUT2D eigenvalue weighted by atomic mass is 32.2. The van der Waals surface area contributed by atoms with Gasteiger partial charge in [-0.05, 0) is 32.0 Å². The van der Waals surface area contributed by atoms with E-state index in [9.17, 15) is 18.0 Å². The maximum absolute atomic E-state index is 12.0. The number of hydrogen-bond donors (Lipinski definition) is 2. The van der Waals surface area contributed by atoms with Gasteiger partial charge in [0.15, 0.2) is 9.84 Å². The summed E-state index contributed by atoms with van der Waals surface area (Å²) in [6.07, 6.45) is 2.24. The molecule has 2 rings (SSSR count). The summed E-state index contributed by atoms with van der Waals surface area (Å²) in [6.45, 7) is 2.93. The van der Waals surface area contributed by atoms with E-state index in [1.165, 1.54) is 17.8 Å². The molecule has 24 heavy (non-hydrogen) atoms. The lowest BCUT2D eigenvalue weighted by atomic mass is 10.2. The van der Waals surface area contributed by atoms with E-state index in [2.05, 4.69) is 10.4 Å². The number of carbonyl (C=O) groups is 2. The molecule has 1 amide bonds. The van der Waals surface area contributed by atoms with Crippen LogP contribution in [0, 0.1) is 6.92 Å². The molecule has 1 aromatic carbocycles. The zero-order chi connectivity index (χ0) is 18.1.